The Balaban J connectivity index is 2.23. The van der Waals surface area contributed by atoms with Crippen molar-refractivity contribution in [3.63, 3.8) is 0 Å². The van der Waals surface area contributed by atoms with E-state index in [1.165, 1.54) is 4.68 Å². The van der Waals surface area contributed by atoms with Crippen molar-refractivity contribution in [1.82, 2.24) is 15.1 Å². The summed E-state index contributed by atoms with van der Waals surface area (Å²) in [4.78, 5) is 0. The molecule has 3 nitrogen and oxygen atoms in total. The molecule has 6 heteroatoms. The van der Waals surface area contributed by atoms with E-state index in [4.69, 9.17) is 0 Å². The van der Waals surface area contributed by atoms with Crippen LogP contribution in [0.4, 0.5) is 13.2 Å². The molecular weight excluding hydrogens is 279 g/mol. The summed E-state index contributed by atoms with van der Waals surface area (Å²) in [6.45, 7) is 6.58. The molecule has 1 N–H and O–H groups in total. The molecule has 1 aromatic heterocycles. The molecule has 3 unspecified atom stereocenters. The molecule has 0 bridgehead atoms. The van der Waals surface area contributed by atoms with Crippen LogP contribution in [0.2, 0.25) is 0 Å². The first kappa shape index (κ1) is 16.3. The number of halogens is 3. The monoisotopic (exact) mass is 303 g/mol. The van der Waals surface area contributed by atoms with E-state index in [1.807, 2.05) is 7.05 Å². The summed E-state index contributed by atoms with van der Waals surface area (Å²) in [5.41, 5.74) is -0.507. The number of likely N-dealkylation sites (N-methyl/N-ethyl adjacent to an activating group) is 1. The van der Waals surface area contributed by atoms with Gasteiger partial charge in [0.2, 0.25) is 0 Å². The van der Waals surface area contributed by atoms with E-state index >= 15 is 0 Å². The third kappa shape index (κ3) is 3.59. The number of alkyl halides is 3. The SMILES string of the molecule is CNC1CCC(C(C)(C)C)CC1n1cc(C(F)(F)F)cn1. The third-order valence-electron chi connectivity index (χ3n) is 4.68. The van der Waals surface area contributed by atoms with Gasteiger partial charge in [0.25, 0.3) is 0 Å². The Kier molecular flexibility index (Phi) is 4.38. The van der Waals surface area contributed by atoms with Crippen molar-refractivity contribution in [2.75, 3.05) is 7.05 Å². The van der Waals surface area contributed by atoms with E-state index < -0.39 is 11.7 Å². The fraction of sp³-hybridized carbons (Fsp3) is 0.800. The molecule has 1 fully saturated rings. The highest BCUT2D eigenvalue weighted by molar-refractivity contribution is 5.09. The van der Waals surface area contributed by atoms with Crippen molar-refractivity contribution in [3.05, 3.63) is 18.0 Å². The number of hydrogen-bond acceptors (Lipinski definition) is 2. The summed E-state index contributed by atoms with van der Waals surface area (Å²) in [6, 6.07) is 0.147. The van der Waals surface area contributed by atoms with E-state index in [9.17, 15) is 13.2 Å². The smallest absolute Gasteiger partial charge is 0.315 e. The number of nitrogens with one attached hydrogen (secondary N) is 1. The number of nitrogens with zero attached hydrogens (tertiary/aromatic N) is 2. The summed E-state index contributed by atoms with van der Waals surface area (Å²) in [5, 5.41) is 7.21. The second kappa shape index (κ2) is 5.63. The summed E-state index contributed by atoms with van der Waals surface area (Å²) < 4.78 is 39.7. The molecule has 3 atom stereocenters. The Bertz CT molecular complexity index is 473. The highest BCUT2D eigenvalue weighted by Crippen LogP contribution is 2.42. The van der Waals surface area contributed by atoms with Gasteiger partial charge in [-0.15, -0.1) is 0 Å². The van der Waals surface area contributed by atoms with Crippen LogP contribution in [0.3, 0.4) is 0 Å². The van der Waals surface area contributed by atoms with Crippen molar-refractivity contribution in [1.29, 1.82) is 0 Å². The van der Waals surface area contributed by atoms with Gasteiger partial charge < -0.3 is 5.32 Å². The van der Waals surface area contributed by atoms with Crippen LogP contribution in [0.15, 0.2) is 12.4 Å². The molecule has 21 heavy (non-hydrogen) atoms. The van der Waals surface area contributed by atoms with E-state index in [-0.39, 0.29) is 17.5 Å². The van der Waals surface area contributed by atoms with E-state index in [2.05, 4.69) is 31.2 Å². The van der Waals surface area contributed by atoms with Gasteiger partial charge >= 0.3 is 6.18 Å². The Morgan fingerprint density at radius 1 is 1.24 bits per heavy atom. The normalized spacial score (nSPS) is 27.9. The summed E-state index contributed by atoms with van der Waals surface area (Å²) >= 11 is 0. The first-order valence-corrected chi connectivity index (χ1v) is 7.41. The Labute approximate surface area is 123 Å². The lowest BCUT2D eigenvalue weighted by Gasteiger charge is -2.41. The van der Waals surface area contributed by atoms with Crippen LogP contribution in [0.1, 0.15) is 51.6 Å². The van der Waals surface area contributed by atoms with Crippen LogP contribution in [0.5, 0.6) is 0 Å². The Morgan fingerprint density at radius 3 is 2.38 bits per heavy atom. The zero-order valence-corrected chi connectivity index (χ0v) is 13.0. The van der Waals surface area contributed by atoms with Gasteiger partial charge in [0.05, 0.1) is 17.8 Å². The molecule has 2 rings (SSSR count). The summed E-state index contributed by atoms with van der Waals surface area (Å²) in [6.07, 6.45) is 0.649. The number of aromatic nitrogens is 2. The minimum absolute atomic E-state index is 0.0240. The molecule has 1 aliphatic rings. The molecule has 0 amide bonds. The van der Waals surface area contributed by atoms with E-state index in [1.54, 1.807) is 0 Å². The van der Waals surface area contributed by atoms with Crippen molar-refractivity contribution >= 4 is 0 Å². The van der Waals surface area contributed by atoms with Gasteiger partial charge in [-0.3, -0.25) is 4.68 Å². The Hall–Kier alpha value is -1.04. The average molecular weight is 303 g/mol. The zero-order chi connectivity index (χ0) is 15.8. The molecule has 0 saturated heterocycles. The van der Waals surface area contributed by atoms with E-state index in [0.29, 0.717) is 5.92 Å². The van der Waals surface area contributed by atoms with Crippen molar-refractivity contribution in [3.8, 4) is 0 Å². The first-order chi connectivity index (χ1) is 9.63. The number of rotatable bonds is 2. The number of hydrogen-bond donors (Lipinski definition) is 1. The quantitative estimate of drug-likeness (QED) is 0.898. The second-order valence-corrected chi connectivity index (χ2v) is 7.05. The van der Waals surface area contributed by atoms with Gasteiger partial charge in [-0.25, -0.2) is 0 Å². The van der Waals surface area contributed by atoms with Crippen LogP contribution in [0.25, 0.3) is 0 Å². The molecule has 0 spiro atoms. The topological polar surface area (TPSA) is 29.9 Å². The molecule has 1 aromatic rings. The third-order valence-corrected chi connectivity index (χ3v) is 4.68. The minimum atomic E-state index is -4.33. The largest absolute Gasteiger partial charge is 0.419 e. The molecule has 0 aliphatic heterocycles. The van der Waals surface area contributed by atoms with Gasteiger partial charge in [0.15, 0.2) is 0 Å². The van der Waals surface area contributed by atoms with Gasteiger partial charge in [-0.2, -0.15) is 18.3 Å². The van der Waals surface area contributed by atoms with Crippen LogP contribution < -0.4 is 5.32 Å². The van der Waals surface area contributed by atoms with Gasteiger partial charge in [0.1, 0.15) is 0 Å². The first-order valence-electron chi connectivity index (χ1n) is 7.41. The fourth-order valence-electron chi connectivity index (χ4n) is 3.23. The molecular formula is C15H24F3N3. The van der Waals surface area contributed by atoms with Gasteiger partial charge in [0, 0.05) is 12.2 Å². The van der Waals surface area contributed by atoms with Crippen LogP contribution in [0, 0.1) is 11.3 Å². The average Bonchev–Trinajstić information content (AvgIpc) is 2.86. The minimum Gasteiger partial charge on any atom is -0.315 e. The maximum absolute atomic E-state index is 12.7. The predicted molar refractivity (Wildman–Crippen MR) is 75.9 cm³/mol. The lowest BCUT2D eigenvalue weighted by molar-refractivity contribution is -0.137. The maximum atomic E-state index is 12.7. The molecule has 1 saturated carbocycles. The lowest BCUT2D eigenvalue weighted by atomic mass is 9.69. The highest BCUT2D eigenvalue weighted by Gasteiger charge is 2.38. The zero-order valence-electron chi connectivity index (χ0n) is 13.0. The fourth-order valence-corrected chi connectivity index (χ4v) is 3.23. The molecule has 0 aromatic carbocycles. The summed E-state index contributed by atoms with van der Waals surface area (Å²) in [5.74, 6) is 0.491. The van der Waals surface area contributed by atoms with Crippen molar-refractivity contribution in [2.45, 2.75) is 58.3 Å². The van der Waals surface area contributed by atoms with E-state index in [0.717, 1.165) is 31.7 Å². The second-order valence-electron chi connectivity index (χ2n) is 7.05. The van der Waals surface area contributed by atoms with Gasteiger partial charge in [-0.1, -0.05) is 20.8 Å². The standard InChI is InChI=1S/C15H24F3N3/c1-14(2,3)10-5-6-12(19-4)13(7-10)21-9-11(8-20-21)15(16,17)18/h8-10,12-13,19H,5-7H2,1-4H3. The molecule has 0 radical (unpaired) electrons. The van der Waals surface area contributed by atoms with Crippen LogP contribution >= 0.6 is 0 Å². The Morgan fingerprint density at radius 2 is 1.90 bits per heavy atom. The predicted octanol–water partition coefficient (Wildman–Crippen LogP) is 3.88. The molecule has 1 heterocycles. The molecule has 120 valence electrons. The van der Waals surface area contributed by atoms with Gasteiger partial charge in [-0.05, 0) is 37.6 Å². The van der Waals surface area contributed by atoms with Crippen LogP contribution in [-0.2, 0) is 6.18 Å². The highest BCUT2D eigenvalue weighted by atomic mass is 19.4. The molecule has 1 aliphatic carbocycles. The van der Waals surface area contributed by atoms with Crippen molar-refractivity contribution in [2.24, 2.45) is 11.3 Å². The summed E-state index contributed by atoms with van der Waals surface area (Å²) in [7, 11) is 1.86. The maximum Gasteiger partial charge on any atom is 0.419 e. The van der Waals surface area contributed by atoms with Crippen molar-refractivity contribution < 1.29 is 13.2 Å². The lowest BCUT2D eigenvalue weighted by Crippen LogP contribution is -2.42. The van der Waals surface area contributed by atoms with Crippen LogP contribution in [-0.4, -0.2) is 22.9 Å².